The van der Waals surface area contributed by atoms with Gasteiger partial charge in [0.15, 0.2) is 0 Å². The smallest absolute Gasteiger partial charge is 0.244 e. The second-order valence-electron chi connectivity index (χ2n) is 3.74. The maximum absolute atomic E-state index is 11.5. The van der Waals surface area contributed by atoms with Gasteiger partial charge < -0.3 is 0 Å². The summed E-state index contributed by atoms with van der Waals surface area (Å²) in [5.41, 5.74) is 0.859. The molecule has 0 unspecified atom stereocenters. The summed E-state index contributed by atoms with van der Waals surface area (Å²) < 4.78 is 0. The minimum atomic E-state index is -0.778. The first-order chi connectivity index (χ1) is 7.72. The fourth-order valence-corrected chi connectivity index (χ4v) is 1.93. The van der Waals surface area contributed by atoms with E-state index in [1.807, 2.05) is 36.4 Å². The lowest BCUT2D eigenvalue weighted by molar-refractivity contribution is -0.135. The third-order valence-electron chi connectivity index (χ3n) is 2.72. The normalized spacial score (nSPS) is 24.7. The molecule has 2 atom stereocenters. The Hall–Kier alpha value is -2.15. The monoisotopic (exact) mass is 214 g/mol. The van der Waals surface area contributed by atoms with Crippen LogP contribution < -0.4 is 5.32 Å². The standard InChI is InChI=1S/C12H10N2O2/c13-7-10-9(6-11(15)14-12(10)16)8-4-2-1-3-5-8/h1-5,9-10H,6H2,(H,14,15,16)/t9-,10-/m0/s1. The van der Waals surface area contributed by atoms with E-state index >= 15 is 0 Å². The first-order valence-electron chi connectivity index (χ1n) is 5.00. The molecule has 1 fully saturated rings. The number of benzene rings is 1. The van der Waals surface area contributed by atoms with Crippen LogP contribution in [0.1, 0.15) is 17.9 Å². The zero-order valence-electron chi connectivity index (χ0n) is 8.51. The molecule has 1 saturated heterocycles. The molecule has 1 aliphatic heterocycles. The number of carbonyl (C=O) groups is 2. The maximum Gasteiger partial charge on any atom is 0.244 e. The summed E-state index contributed by atoms with van der Waals surface area (Å²) in [6.07, 6.45) is 0.188. The van der Waals surface area contributed by atoms with Crippen LogP contribution in [-0.2, 0) is 9.59 Å². The molecular formula is C12H10N2O2. The summed E-state index contributed by atoms with van der Waals surface area (Å²) in [5, 5.41) is 11.1. The minimum Gasteiger partial charge on any atom is -0.295 e. The highest BCUT2D eigenvalue weighted by molar-refractivity contribution is 6.00. The Bertz CT molecular complexity index is 462. The Morgan fingerprint density at radius 1 is 1.25 bits per heavy atom. The van der Waals surface area contributed by atoms with Gasteiger partial charge in [-0.05, 0) is 5.56 Å². The van der Waals surface area contributed by atoms with Crippen LogP contribution in [0.4, 0.5) is 0 Å². The van der Waals surface area contributed by atoms with Crippen LogP contribution in [0.3, 0.4) is 0 Å². The van der Waals surface area contributed by atoms with Gasteiger partial charge in [-0.1, -0.05) is 30.3 Å². The molecule has 0 spiro atoms. The second-order valence-corrected chi connectivity index (χ2v) is 3.74. The van der Waals surface area contributed by atoms with Gasteiger partial charge in [-0.15, -0.1) is 0 Å². The Kier molecular flexibility index (Phi) is 2.69. The van der Waals surface area contributed by atoms with Crippen LogP contribution in [0.25, 0.3) is 0 Å². The van der Waals surface area contributed by atoms with Gasteiger partial charge >= 0.3 is 0 Å². The quantitative estimate of drug-likeness (QED) is 0.708. The molecule has 0 aliphatic carbocycles. The van der Waals surface area contributed by atoms with Gasteiger partial charge in [0, 0.05) is 12.3 Å². The van der Waals surface area contributed by atoms with Crippen molar-refractivity contribution in [3.63, 3.8) is 0 Å². The minimum absolute atomic E-state index is 0.188. The van der Waals surface area contributed by atoms with Crippen molar-refractivity contribution in [2.45, 2.75) is 12.3 Å². The number of hydrogen-bond donors (Lipinski definition) is 1. The number of nitriles is 1. The summed E-state index contributed by atoms with van der Waals surface area (Å²) in [6, 6.07) is 11.2. The first-order valence-corrected chi connectivity index (χ1v) is 5.00. The predicted octanol–water partition coefficient (Wildman–Crippen LogP) is 0.956. The number of hydrogen-bond acceptors (Lipinski definition) is 3. The van der Waals surface area contributed by atoms with E-state index in [0.29, 0.717) is 0 Å². The number of piperidine rings is 1. The molecule has 0 radical (unpaired) electrons. The molecule has 1 aromatic carbocycles. The van der Waals surface area contributed by atoms with E-state index in [-0.39, 0.29) is 18.2 Å². The molecular weight excluding hydrogens is 204 g/mol. The Labute approximate surface area is 92.9 Å². The van der Waals surface area contributed by atoms with Crippen LogP contribution in [0, 0.1) is 17.2 Å². The number of nitrogens with one attached hydrogen (secondary N) is 1. The van der Waals surface area contributed by atoms with E-state index in [9.17, 15) is 9.59 Å². The number of carbonyl (C=O) groups excluding carboxylic acids is 2. The van der Waals surface area contributed by atoms with Crippen molar-refractivity contribution < 1.29 is 9.59 Å². The van der Waals surface area contributed by atoms with Gasteiger partial charge in [0.2, 0.25) is 11.8 Å². The Morgan fingerprint density at radius 2 is 1.94 bits per heavy atom. The van der Waals surface area contributed by atoms with E-state index < -0.39 is 11.8 Å². The van der Waals surface area contributed by atoms with Crippen LogP contribution in [0.2, 0.25) is 0 Å². The topological polar surface area (TPSA) is 70.0 Å². The molecule has 2 rings (SSSR count). The van der Waals surface area contributed by atoms with Crippen molar-refractivity contribution in [2.75, 3.05) is 0 Å². The molecule has 80 valence electrons. The predicted molar refractivity (Wildman–Crippen MR) is 56.1 cm³/mol. The molecule has 0 saturated carbocycles. The maximum atomic E-state index is 11.5. The van der Waals surface area contributed by atoms with Gasteiger partial charge in [0.25, 0.3) is 0 Å². The molecule has 1 heterocycles. The van der Waals surface area contributed by atoms with Crippen molar-refractivity contribution in [3.05, 3.63) is 35.9 Å². The zero-order valence-corrected chi connectivity index (χ0v) is 8.51. The van der Waals surface area contributed by atoms with Crippen LogP contribution in [-0.4, -0.2) is 11.8 Å². The lowest BCUT2D eigenvalue weighted by atomic mass is 9.81. The van der Waals surface area contributed by atoms with E-state index in [2.05, 4.69) is 5.32 Å². The van der Waals surface area contributed by atoms with Crippen molar-refractivity contribution in [1.82, 2.24) is 5.32 Å². The molecule has 1 N–H and O–H groups in total. The van der Waals surface area contributed by atoms with Crippen LogP contribution in [0.5, 0.6) is 0 Å². The second kappa shape index (κ2) is 4.15. The molecule has 4 heteroatoms. The largest absolute Gasteiger partial charge is 0.295 e. The first kappa shape index (κ1) is 10.4. The molecule has 2 amide bonds. The average molecular weight is 214 g/mol. The van der Waals surface area contributed by atoms with Gasteiger partial charge in [0.05, 0.1) is 6.07 Å². The van der Waals surface area contributed by atoms with Crippen LogP contribution >= 0.6 is 0 Å². The van der Waals surface area contributed by atoms with Gasteiger partial charge in [-0.25, -0.2) is 0 Å². The van der Waals surface area contributed by atoms with E-state index in [1.54, 1.807) is 0 Å². The highest BCUT2D eigenvalue weighted by atomic mass is 16.2. The van der Waals surface area contributed by atoms with E-state index in [0.717, 1.165) is 5.56 Å². The average Bonchev–Trinajstić information content (AvgIpc) is 2.29. The summed E-state index contributed by atoms with van der Waals surface area (Å²) in [5.74, 6) is -1.91. The third kappa shape index (κ3) is 1.80. The summed E-state index contributed by atoms with van der Waals surface area (Å²) in [6.45, 7) is 0. The highest BCUT2D eigenvalue weighted by Gasteiger charge is 2.36. The lowest BCUT2D eigenvalue weighted by Gasteiger charge is -2.25. The summed E-state index contributed by atoms with van der Waals surface area (Å²) in [4.78, 5) is 22.7. The fraction of sp³-hybridized carbons (Fsp3) is 0.250. The Morgan fingerprint density at radius 3 is 2.56 bits per heavy atom. The third-order valence-corrected chi connectivity index (χ3v) is 2.72. The number of nitrogens with zero attached hydrogens (tertiary/aromatic N) is 1. The molecule has 0 aromatic heterocycles. The summed E-state index contributed by atoms with van der Waals surface area (Å²) >= 11 is 0. The number of rotatable bonds is 1. The van der Waals surface area contributed by atoms with Crippen molar-refractivity contribution in [1.29, 1.82) is 5.26 Å². The molecule has 0 bridgehead atoms. The van der Waals surface area contributed by atoms with E-state index in [1.165, 1.54) is 0 Å². The van der Waals surface area contributed by atoms with Gasteiger partial charge in [-0.3, -0.25) is 14.9 Å². The Balaban J connectivity index is 2.35. The van der Waals surface area contributed by atoms with Crippen molar-refractivity contribution in [3.8, 4) is 6.07 Å². The fourth-order valence-electron chi connectivity index (χ4n) is 1.93. The number of amides is 2. The highest BCUT2D eigenvalue weighted by Crippen LogP contribution is 2.30. The van der Waals surface area contributed by atoms with Crippen molar-refractivity contribution in [2.24, 2.45) is 5.92 Å². The molecule has 4 nitrogen and oxygen atoms in total. The van der Waals surface area contributed by atoms with Crippen LogP contribution in [0.15, 0.2) is 30.3 Å². The number of imide groups is 1. The molecule has 1 aromatic rings. The van der Waals surface area contributed by atoms with Gasteiger partial charge in [0.1, 0.15) is 5.92 Å². The summed E-state index contributed by atoms with van der Waals surface area (Å²) in [7, 11) is 0. The molecule has 16 heavy (non-hydrogen) atoms. The van der Waals surface area contributed by atoms with E-state index in [4.69, 9.17) is 5.26 Å². The molecule has 1 aliphatic rings. The van der Waals surface area contributed by atoms with Crippen molar-refractivity contribution >= 4 is 11.8 Å². The lowest BCUT2D eigenvalue weighted by Crippen LogP contribution is -2.44. The SMILES string of the molecule is N#C[C@@H]1C(=O)NC(=O)C[C@H]1c1ccccc1. The van der Waals surface area contributed by atoms with Gasteiger partial charge in [-0.2, -0.15) is 5.26 Å². The zero-order chi connectivity index (χ0) is 11.5.